The maximum absolute atomic E-state index is 12.2. The monoisotopic (exact) mass is 361 g/mol. The van der Waals surface area contributed by atoms with Crippen molar-refractivity contribution in [1.82, 2.24) is 10.6 Å². The van der Waals surface area contributed by atoms with Gasteiger partial charge in [0.15, 0.2) is 0 Å². The molecule has 0 aliphatic carbocycles. The Kier molecular flexibility index (Phi) is 9.13. The van der Waals surface area contributed by atoms with Crippen molar-refractivity contribution in [3.63, 3.8) is 0 Å². The number of nitrogens with two attached hydrogens (primary N) is 1. The third kappa shape index (κ3) is 8.65. The van der Waals surface area contributed by atoms with Gasteiger partial charge in [0.05, 0.1) is 12.5 Å². The van der Waals surface area contributed by atoms with E-state index in [1.165, 1.54) is 0 Å². The van der Waals surface area contributed by atoms with Gasteiger partial charge in [-0.2, -0.15) is 0 Å². The van der Waals surface area contributed by atoms with Crippen LogP contribution in [0.3, 0.4) is 0 Å². The number of carbonyl (C=O) groups excluding carboxylic acids is 2. The number of hydrogen-bond acceptors (Lipinski definition) is 6. The molecule has 0 unspecified atom stereocenters. The molecule has 25 heavy (non-hydrogen) atoms. The molecule has 11 heteroatoms. The highest BCUT2D eigenvalue weighted by atomic mass is 16.4. The second-order valence-corrected chi connectivity index (χ2v) is 5.77. The molecule has 11 nitrogen and oxygen atoms in total. The Bertz CT molecular complexity index is 534. The highest BCUT2D eigenvalue weighted by molar-refractivity contribution is 5.93. The first kappa shape index (κ1) is 22.3. The van der Waals surface area contributed by atoms with Crippen LogP contribution in [0.4, 0.5) is 0 Å². The summed E-state index contributed by atoms with van der Waals surface area (Å²) >= 11 is 0. The molecule has 0 aromatic carbocycles. The molecule has 0 radical (unpaired) electrons. The van der Waals surface area contributed by atoms with Crippen LogP contribution in [0.25, 0.3) is 0 Å². The highest BCUT2D eigenvalue weighted by Crippen LogP contribution is 2.05. The second-order valence-electron chi connectivity index (χ2n) is 5.77. The van der Waals surface area contributed by atoms with Gasteiger partial charge < -0.3 is 31.7 Å². The van der Waals surface area contributed by atoms with Crippen molar-refractivity contribution in [1.29, 1.82) is 0 Å². The summed E-state index contributed by atoms with van der Waals surface area (Å²) in [6.45, 7) is 3.12. The molecule has 0 aromatic rings. The Morgan fingerprint density at radius 3 is 1.88 bits per heavy atom. The van der Waals surface area contributed by atoms with E-state index in [9.17, 15) is 24.0 Å². The molecule has 0 rings (SSSR count). The first-order valence-corrected chi connectivity index (χ1v) is 7.48. The van der Waals surface area contributed by atoms with E-state index >= 15 is 0 Å². The van der Waals surface area contributed by atoms with E-state index < -0.39 is 66.6 Å². The molecule has 2 amide bonds. The lowest BCUT2D eigenvalue weighted by Gasteiger charge is -2.23. The minimum Gasteiger partial charge on any atom is -0.481 e. The van der Waals surface area contributed by atoms with E-state index in [0.29, 0.717) is 0 Å². The van der Waals surface area contributed by atoms with Crippen molar-refractivity contribution in [2.45, 2.75) is 51.2 Å². The first-order valence-electron chi connectivity index (χ1n) is 7.48. The van der Waals surface area contributed by atoms with Crippen molar-refractivity contribution in [2.24, 2.45) is 11.7 Å². The number of rotatable bonds is 11. The summed E-state index contributed by atoms with van der Waals surface area (Å²) in [6, 6.07) is -4.02. The number of hydrogen-bond donors (Lipinski definition) is 6. The van der Waals surface area contributed by atoms with Crippen LogP contribution in [0.15, 0.2) is 0 Å². The van der Waals surface area contributed by atoms with Crippen LogP contribution >= 0.6 is 0 Å². The normalized spacial score (nSPS) is 14.2. The molecule has 0 aromatic heterocycles. The molecular weight excluding hydrogens is 338 g/mol. The van der Waals surface area contributed by atoms with Crippen LogP contribution < -0.4 is 16.4 Å². The Labute approximate surface area is 143 Å². The van der Waals surface area contributed by atoms with Gasteiger partial charge in [0.25, 0.3) is 0 Å². The number of nitrogens with one attached hydrogen (secondary N) is 2. The molecule has 0 heterocycles. The number of amides is 2. The molecule has 0 aliphatic heterocycles. The number of carboxylic acid groups (broad SMARTS) is 3. The van der Waals surface area contributed by atoms with Crippen LogP contribution in [-0.4, -0.2) is 63.2 Å². The zero-order chi connectivity index (χ0) is 19.7. The average Bonchev–Trinajstić information content (AvgIpc) is 2.46. The molecule has 0 saturated carbocycles. The summed E-state index contributed by atoms with van der Waals surface area (Å²) in [7, 11) is 0. The first-order chi connectivity index (χ1) is 11.5. The minimum absolute atomic E-state index is 0.308. The predicted octanol–water partition coefficient (Wildman–Crippen LogP) is -1.64. The van der Waals surface area contributed by atoms with Gasteiger partial charge in [0.2, 0.25) is 11.8 Å². The third-order valence-electron chi connectivity index (χ3n) is 3.24. The van der Waals surface area contributed by atoms with Crippen molar-refractivity contribution < 1.29 is 39.3 Å². The summed E-state index contributed by atoms with van der Waals surface area (Å²) in [4.78, 5) is 56.5. The van der Waals surface area contributed by atoms with Gasteiger partial charge in [0.1, 0.15) is 12.1 Å². The van der Waals surface area contributed by atoms with E-state index in [1.807, 2.05) is 0 Å². The summed E-state index contributed by atoms with van der Waals surface area (Å²) in [6.07, 6.45) is -1.45. The Hall–Kier alpha value is -2.69. The SMILES string of the molecule is CC(C)[C@H](NC(=O)[C@H](CCC(=O)O)NC(=O)[C@@H](N)CC(=O)O)C(=O)O. The molecule has 0 fully saturated rings. The number of carboxylic acids is 3. The number of aliphatic carboxylic acids is 3. The lowest BCUT2D eigenvalue weighted by molar-refractivity contribution is -0.144. The number of carbonyl (C=O) groups is 5. The van der Waals surface area contributed by atoms with Crippen LogP contribution in [0, 0.1) is 5.92 Å². The molecule has 0 bridgehead atoms. The molecule has 0 aliphatic rings. The topological polar surface area (TPSA) is 196 Å². The van der Waals surface area contributed by atoms with Gasteiger partial charge in [0, 0.05) is 6.42 Å². The summed E-state index contributed by atoms with van der Waals surface area (Å²) in [5.41, 5.74) is 5.39. The van der Waals surface area contributed by atoms with E-state index in [0.717, 1.165) is 0 Å². The van der Waals surface area contributed by atoms with Crippen LogP contribution in [0.5, 0.6) is 0 Å². The fourth-order valence-electron chi connectivity index (χ4n) is 1.86. The van der Waals surface area contributed by atoms with E-state index in [2.05, 4.69) is 10.6 Å². The van der Waals surface area contributed by atoms with E-state index in [1.54, 1.807) is 13.8 Å². The molecule has 3 atom stereocenters. The summed E-state index contributed by atoms with van der Waals surface area (Å²) in [5.74, 6) is -6.12. The fraction of sp³-hybridized carbons (Fsp3) is 0.643. The summed E-state index contributed by atoms with van der Waals surface area (Å²) in [5, 5.41) is 30.8. The Morgan fingerprint density at radius 2 is 1.48 bits per heavy atom. The fourth-order valence-corrected chi connectivity index (χ4v) is 1.86. The highest BCUT2D eigenvalue weighted by Gasteiger charge is 2.30. The second kappa shape index (κ2) is 10.2. The quantitative estimate of drug-likeness (QED) is 0.250. The van der Waals surface area contributed by atoms with Crippen molar-refractivity contribution in [3.05, 3.63) is 0 Å². The molecular formula is C14H23N3O8. The van der Waals surface area contributed by atoms with Gasteiger partial charge in [-0.25, -0.2) is 4.79 Å². The molecule has 0 spiro atoms. The summed E-state index contributed by atoms with van der Waals surface area (Å²) < 4.78 is 0. The van der Waals surface area contributed by atoms with Crippen LogP contribution in [-0.2, 0) is 24.0 Å². The van der Waals surface area contributed by atoms with Gasteiger partial charge in [-0.1, -0.05) is 13.8 Å². The minimum atomic E-state index is -1.43. The predicted molar refractivity (Wildman–Crippen MR) is 83.4 cm³/mol. The molecule has 7 N–H and O–H groups in total. The van der Waals surface area contributed by atoms with Crippen LogP contribution in [0.1, 0.15) is 33.1 Å². The third-order valence-corrected chi connectivity index (χ3v) is 3.24. The average molecular weight is 361 g/mol. The van der Waals surface area contributed by atoms with E-state index in [-0.39, 0.29) is 6.42 Å². The largest absolute Gasteiger partial charge is 0.481 e. The zero-order valence-corrected chi connectivity index (χ0v) is 13.9. The lowest BCUT2D eigenvalue weighted by Crippen LogP contribution is -2.55. The zero-order valence-electron chi connectivity index (χ0n) is 13.9. The Morgan fingerprint density at radius 1 is 0.920 bits per heavy atom. The molecule has 142 valence electrons. The van der Waals surface area contributed by atoms with Gasteiger partial charge in [-0.15, -0.1) is 0 Å². The maximum Gasteiger partial charge on any atom is 0.326 e. The molecule has 0 saturated heterocycles. The van der Waals surface area contributed by atoms with Gasteiger partial charge in [-0.3, -0.25) is 19.2 Å². The Balaban J connectivity index is 5.10. The standard InChI is InChI=1S/C14H23N3O8/c1-6(2)11(14(24)25)17-13(23)8(3-4-9(18)19)16-12(22)7(15)5-10(20)21/h6-8,11H,3-5,15H2,1-2H3,(H,16,22)(H,17,23)(H,18,19)(H,20,21)(H,24,25)/t7-,8-,11-/m0/s1. The van der Waals surface area contributed by atoms with Crippen LogP contribution in [0.2, 0.25) is 0 Å². The lowest BCUT2D eigenvalue weighted by atomic mass is 10.0. The smallest absolute Gasteiger partial charge is 0.326 e. The van der Waals surface area contributed by atoms with Crippen molar-refractivity contribution in [2.75, 3.05) is 0 Å². The van der Waals surface area contributed by atoms with Gasteiger partial charge in [-0.05, 0) is 12.3 Å². The van der Waals surface area contributed by atoms with Crippen molar-refractivity contribution >= 4 is 29.7 Å². The van der Waals surface area contributed by atoms with Gasteiger partial charge >= 0.3 is 17.9 Å². The van der Waals surface area contributed by atoms with Crippen molar-refractivity contribution in [3.8, 4) is 0 Å². The maximum atomic E-state index is 12.2. The van der Waals surface area contributed by atoms with E-state index in [4.69, 9.17) is 21.1 Å².